The van der Waals surface area contributed by atoms with Gasteiger partial charge in [-0.15, -0.1) is 0 Å². The molecule has 0 aromatic heterocycles. The smallest absolute Gasteiger partial charge is 0.222 e. The van der Waals surface area contributed by atoms with Crippen molar-refractivity contribution < 1.29 is 14.3 Å². The summed E-state index contributed by atoms with van der Waals surface area (Å²) in [6.45, 7) is 6.12. The van der Waals surface area contributed by atoms with Gasteiger partial charge in [-0.05, 0) is 35.3 Å². The van der Waals surface area contributed by atoms with Crippen LogP contribution in [0.1, 0.15) is 56.6 Å². The Labute approximate surface area is 151 Å². The Kier molecular flexibility index (Phi) is 5.21. The first-order valence-electron chi connectivity index (χ1n) is 9.38. The van der Waals surface area contributed by atoms with E-state index in [1.165, 1.54) is 11.1 Å². The highest BCUT2D eigenvalue weighted by atomic mass is 16.7. The topological polar surface area (TPSA) is 38.8 Å². The summed E-state index contributed by atoms with van der Waals surface area (Å²) in [6, 6.07) is 8.68. The van der Waals surface area contributed by atoms with Gasteiger partial charge in [0, 0.05) is 46.6 Å². The molecule has 1 saturated carbocycles. The molecule has 25 heavy (non-hydrogen) atoms. The molecule has 0 atom stereocenters. The summed E-state index contributed by atoms with van der Waals surface area (Å²) < 4.78 is 11.0. The van der Waals surface area contributed by atoms with E-state index >= 15 is 0 Å². The van der Waals surface area contributed by atoms with Crippen molar-refractivity contribution in [2.45, 2.75) is 57.7 Å². The van der Waals surface area contributed by atoms with Crippen LogP contribution in [0.4, 0.5) is 0 Å². The number of benzene rings is 1. The van der Waals surface area contributed by atoms with Gasteiger partial charge in [0.15, 0.2) is 5.79 Å². The molecule has 0 radical (unpaired) electrons. The minimum atomic E-state index is -0.419. The van der Waals surface area contributed by atoms with Crippen molar-refractivity contribution >= 4 is 5.91 Å². The normalized spacial score (nSPS) is 20.9. The number of amides is 1. The highest BCUT2D eigenvalue weighted by Gasteiger charge is 2.58. The average molecular weight is 345 g/mol. The van der Waals surface area contributed by atoms with Gasteiger partial charge < -0.3 is 14.4 Å². The molecule has 4 nitrogen and oxygen atoms in total. The third-order valence-electron chi connectivity index (χ3n) is 6.10. The number of carbonyl (C=O) groups is 1. The van der Waals surface area contributed by atoms with Crippen LogP contribution in [0.25, 0.3) is 0 Å². The summed E-state index contributed by atoms with van der Waals surface area (Å²) in [5.41, 5.74) is 2.80. The van der Waals surface area contributed by atoms with Crippen LogP contribution in [-0.4, -0.2) is 43.9 Å². The van der Waals surface area contributed by atoms with Crippen LogP contribution in [0, 0.1) is 5.41 Å². The van der Waals surface area contributed by atoms with Crippen molar-refractivity contribution in [1.82, 2.24) is 4.90 Å². The molecule has 1 aromatic rings. The van der Waals surface area contributed by atoms with E-state index < -0.39 is 5.79 Å². The number of aryl methyl sites for hydroxylation is 1. The summed E-state index contributed by atoms with van der Waals surface area (Å²) in [6.07, 6.45) is 4.27. The molecule has 1 aliphatic heterocycles. The van der Waals surface area contributed by atoms with Crippen molar-refractivity contribution in [2.24, 2.45) is 5.41 Å². The molecule has 1 amide bonds. The fourth-order valence-corrected chi connectivity index (χ4v) is 4.38. The lowest BCUT2D eigenvalue weighted by molar-refractivity contribution is -0.294. The van der Waals surface area contributed by atoms with Crippen LogP contribution in [0.2, 0.25) is 0 Å². The van der Waals surface area contributed by atoms with Crippen molar-refractivity contribution in [2.75, 3.05) is 27.3 Å². The highest BCUT2D eigenvalue weighted by Crippen LogP contribution is 2.55. The fraction of sp³-hybridized carbons (Fsp3) is 0.667. The second-order valence-corrected chi connectivity index (χ2v) is 8.13. The largest absolute Gasteiger partial charge is 0.353 e. The Morgan fingerprint density at radius 1 is 1.16 bits per heavy atom. The minimum Gasteiger partial charge on any atom is -0.353 e. The first-order chi connectivity index (χ1) is 11.9. The number of hydrogen-bond donors (Lipinski definition) is 0. The molecular formula is C21H31NO3. The van der Waals surface area contributed by atoms with Gasteiger partial charge >= 0.3 is 0 Å². The van der Waals surface area contributed by atoms with E-state index in [-0.39, 0.29) is 11.3 Å². The van der Waals surface area contributed by atoms with E-state index in [9.17, 15) is 4.79 Å². The number of hydrogen-bond acceptors (Lipinski definition) is 3. The monoisotopic (exact) mass is 345 g/mol. The zero-order valence-corrected chi connectivity index (χ0v) is 16.0. The molecular weight excluding hydrogens is 314 g/mol. The van der Waals surface area contributed by atoms with Crippen LogP contribution < -0.4 is 0 Å². The molecule has 1 spiro atoms. The molecule has 1 aromatic carbocycles. The van der Waals surface area contributed by atoms with E-state index in [4.69, 9.17) is 9.47 Å². The molecule has 0 bridgehead atoms. The van der Waals surface area contributed by atoms with Crippen LogP contribution >= 0.6 is 0 Å². The Hall–Kier alpha value is -1.39. The highest BCUT2D eigenvalue weighted by molar-refractivity contribution is 5.76. The van der Waals surface area contributed by atoms with Gasteiger partial charge in [0.2, 0.25) is 5.91 Å². The van der Waals surface area contributed by atoms with Crippen molar-refractivity contribution in [3.63, 3.8) is 0 Å². The zero-order valence-electron chi connectivity index (χ0n) is 16.0. The van der Waals surface area contributed by atoms with E-state index in [2.05, 4.69) is 38.1 Å². The lowest BCUT2D eigenvalue weighted by atomic mass is 9.64. The molecule has 1 heterocycles. The summed E-state index contributed by atoms with van der Waals surface area (Å²) in [4.78, 5) is 14.6. The summed E-state index contributed by atoms with van der Waals surface area (Å²) in [7, 11) is 3.41. The Morgan fingerprint density at radius 2 is 1.80 bits per heavy atom. The fourth-order valence-electron chi connectivity index (χ4n) is 4.38. The number of carbonyl (C=O) groups excluding carboxylic acids is 1. The third-order valence-corrected chi connectivity index (χ3v) is 6.10. The minimum absolute atomic E-state index is 0.209. The van der Waals surface area contributed by atoms with Crippen molar-refractivity contribution in [3.05, 3.63) is 35.4 Å². The summed E-state index contributed by atoms with van der Waals surface area (Å²) in [5, 5.41) is 0. The maximum atomic E-state index is 12.6. The molecule has 138 valence electrons. The third kappa shape index (κ3) is 3.75. The predicted octanol–water partition coefficient (Wildman–Crippen LogP) is 3.74. The Morgan fingerprint density at radius 3 is 2.36 bits per heavy atom. The Bertz CT molecular complexity index is 596. The number of methoxy groups -OCH3 is 2. The maximum absolute atomic E-state index is 12.6. The molecule has 1 aliphatic carbocycles. The van der Waals surface area contributed by atoms with Gasteiger partial charge in [-0.2, -0.15) is 0 Å². The average Bonchev–Trinajstić information content (AvgIpc) is 3.03. The van der Waals surface area contributed by atoms with Crippen LogP contribution in [0.5, 0.6) is 0 Å². The van der Waals surface area contributed by atoms with Gasteiger partial charge in [-0.3, -0.25) is 4.79 Å². The lowest BCUT2D eigenvalue weighted by Crippen LogP contribution is -2.55. The molecule has 1 saturated heterocycles. The van der Waals surface area contributed by atoms with E-state index in [1.54, 1.807) is 14.2 Å². The van der Waals surface area contributed by atoms with Crippen molar-refractivity contribution in [1.29, 1.82) is 0 Å². The van der Waals surface area contributed by atoms with Gasteiger partial charge in [0.25, 0.3) is 0 Å². The molecule has 2 aliphatic rings. The first kappa shape index (κ1) is 18.4. The molecule has 0 unspecified atom stereocenters. The summed E-state index contributed by atoms with van der Waals surface area (Å²) >= 11 is 0. The second-order valence-electron chi connectivity index (χ2n) is 8.13. The van der Waals surface area contributed by atoms with E-state index in [0.717, 1.165) is 38.8 Å². The van der Waals surface area contributed by atoms with Crippen LogP contribution in [0.3, 0.4) is 0 Å². The molecule has 3 rings (SSSR count). The van der Waals surface area contributed by atoms with Gasteiger partial charge in [0.05, 0.1) is 0 Å². The van der Waals surface area contributed by atoms with Gasteiger partial charge in [-0.1, -0.05) is 38.1 Å². The van der Waals surface area contributed by atoms with Crippen LogP contribution in [0.15, 0.2) is 24.3 Å². The Balaban J connectivity index is 1.48. The van der Waals surface area contributed by atoms with Gasteiger partial charge in [-0.25, -0.2) is 0 Å². The molecule has 4 heteroatoms. The quantitative estimate of drug-likeness (QED) is 0.737. The lowest BCUT2D eigenvalue weighted by Gasteiger charge is -2.52. The predicted molar refractivity (Wildman–Crippen MR) is 98.5 cm³/mol. The van der Waals surface area contributed by atoms with Gasteiger partial charge in [0.1, 0.15) is 0 Å². The number of nitrogens with zero attached hydrogens (tertiary/aromatic N) is 1. The standard InChI is InChI=1S/C21H31NO3/c1-16(2)18-8-5-17(6-9-18)7-10-19(23)22-12-11-20(15-22)13-21(14-20,24-3)25-4/h5-6,8-9,16H,7,10-15H2,1-4H3. The number of rotatable bonds is 6. The van der Waals surface area contributed by atoms with Crippen molar-refractivity contribution in [3.8, 4) is 0 Å². The second kappa shape index (κ2) is 7.08. The number of ether oxygens (including phenoxy) is 2. The zero-order chi connectivity index (χ0) is 18.1. The summed E-state index contributed by atoms with van der Waals surface area (Å²) in [5.74, 6) is 0.402. The number of likely N-dealkylation sites (tertiary alicyclic amines) is 1. The molecule has 0 N–H and O–H groups in total. The van der Waals surface area contributed by atoms with Crippen LogP contribution in [-0.2, 0) is 20.7 Å². The van der Waals surface area contributed by atoms with E-state index in [1.807, 2.05) is 4.90 Å². The SMILES string of the molecule is COC1(OC)CC2(CCN(C(=O)CCc3ccc(C(C)C)cc3)C2)C1. The van der Waals surface area contributed by atoms with E-state index in [0.29, 0.717) is 12.3 Å². The maximum Gasteiger partial charge on any atom is 0.222 e. The first-order valence-corrected chi connectivity index (χ1v) is 9.38. The molecule has 2 fully saturated rings.